The molecule has 0 fully saturated rings. The van der Waals surface area contributed by atoms with E-state index in [1.807, 2.05) is 0 Å². The molecule has 88 valence electrons. The van der Waals surface area contributed by atoms with Crippen LogP contribution in [0.15, 0.2) is 30.6 Å². The molecule has 0 bridgehead atoms. The van der Waals surface area contributed by atoms with E-state index in [4.69, 9.17) is 17.3 Å². The van der Waals surface area contributed by atoms with Crippen molar-refractivity contribution in [2.24, 2.45) is 0 Å². The summed E-state index contributed by atoms with van der Waals surface area (Å²) in [6.45, 7) is 0.483. The van der Waals surface area contributed by atoms with Crippen LogP contribution in [0.3, 0.4) is 0 Å². The van der Waals surface area contributed by atoms with E-state index in [0.717, 1.165) is 5.56 Å². The van der Waals surface area contributed by atoms with Crippen molar-refractivity contribution in [1.29, 1.82) is 0 Å². The van der Waals surface area contributed by atoms with Crippen LogP contribution in [0, 0.1) is 5.82 Å². The van der Waals surface area contributed by atoms with E-state index in [1.165, 1.54) is 12.4 Å². The van der Waals surface area contributed by atoms with Gasteiger partial charge in [-0.05, 0) is 17.7 Å². The lowest BCUT2D eigenvalue weighted by Crippen LogP contribution is -2.03. The Hall–Kier alpha value is -1.88. The van der Waals surface area contributed by atoms with Gasteiger partial charge in [0.15, 0.2) is 0 Å². The summed E-state index contributed by atoms with van der Waals surface area (Å²) in [5.74, 6) is 0.569. The summed E-state index contributed by atoms with van der Waals surface area (Å²) < 4.78 is 12.9. The second-order valence-corrected chi connectivity index (χ2v) is 3.84. The first kappa shape index (κ1) is 11.6. The highest BCUT2D eigenvalue weighted by Crippen LogP contribution is 2.16. The molecule has 17 heavy (non-hydrogen) atoms. The zero-order valence-electron chi connectivity index (χ0n) is 8.82. The Kier molecular flexibility index (Phi) is 3.39. The molecular formula is C11H10ClFN4. The third kappa shape index (κ3) is 3.04. The minimum atomic E-state index is -0.429. The fourth-order valence-electron chi connectivity index (χ4n) is 1.31. The molecule has 1 heterocycles. The number of rotatable bonds is 3. The lowest BCUT2D eigenvalue weighted by molar-refractivity contribution is 0.627. The van der Waals surface area contributed by atoms with Gasteiger partial charge < -0.3 is 11.1 Å². The number of halogens is 2. The Bertz CT molecular complexity index is 533. The van der Waals surface area contributed by atoms with Gasteiger partial charge in [-0.1, -0.05) is 17.7 Å². The monoisotopic (exact) mass is 252 g/mol. The van der Waals surface area contributed by atoms with E-state index < -0.39 is 5.82 Å². The number of aromatic nitrogens is 2. The summed E-state index contributed by atoms with van der Waals surface area (Å²) in [5, 5.41) is 3.14. The molecule has 4 nitrogen and oxygen atoms in total. The van der Waals surface area contributed by atoms with Gasteiger partial charge in [-0.15, -0.1) is 0 Å². The number of benzene rings is 1. The number of anilines is 2. The average Bonchev–Trinajstić information content (AvgIpc) is 2.31. The molecule has 2 aromatic rings. The van der Waals surface area contributed by atoms with Crippen LogP contribution in [0.5, 0.6) is 0 Å². The fraction of sp³-hybridized carbons (Fsp3) is 0.0909. The number of nitrogens with two attached hydrogens (primary N) is 1. The van der Waals surface area contributed by atoms with Gasteiger partial charge >= 0.3 is 0 Å². The van der Waals surface area contributed by atoms with Gasteiger partial charge in [-0.2, -0.15) is 0 Å². The van der Waals surface area contributed by atoms with Gasteiger partial charge in [0, 0.05) is 12.6 Å². The van der Waals surface area contributed by atoms with Gasteiger partial charge in [0.25, 0.3) is 0 Å². The molecule has 0 aliphatic heterocycles. The van der Waals surface area contributed by atoms with E-state index in [1.54, 1.807) is 18.2 Å². The molecule has 0 aliphatic rings. The van der Waals surface area contributed by atoms with Crippen LogP contribution < -0.4 is 11.1 Å². The van der Waals surface area contributed by atoms with Crippen LogP contribution in [0.25, 0.3) is 0 Å². The second-order valence-electron chi connectivity index (χ2n) is 3.43. The minimum absolute atomic E-state index is 0.103. The van der Waals surface area contributed by atoms with E-state index in [9.17, 15) is 4.39 Å². The normalized spacial score (nSPS) is 10.2. The van der Waals surface area contributed by atoms with E-state index in [0.29, 0.717) is 18.2 Å². The minimum Gasteiger partial charge on any atom is -0.384 e. The van der Waals surface area contributed by atoms with Crippen molar-refractivity contribution in [1.82, 2.24) is 9.97 Å². The Morgan fingerprint density at radius 1 is 1.29 bits per heavy atom. The molecular weight excluding hydrogens is 243 g/mol. The van der Waals surface area contributed by atoms with Gasteiger partial charge in [-0.25, -0.2) is 14.4 Å². The van der Waals surface area contributed by atoms with Crippen molar-refractivity contribution >= 4 is 23.2 Å². The van der Waals surface area contributed by atoms with Gasteiger partial charge in [0.05, 0.1) is 5.02 Å². The highest BCUT2D eigenvalue weighted by molar-refractivity contribution is 6.30. The predicted molar refractivity (Wildman–Crippen MR) is 65.2 cm³/mol. The third-order valence-corrected chi connectivity index (χ3v) is 2.44. The van der Waals surface area contributed by atoms with Gasteiger partial charge in [-0.3, -0.25) is 0 Å². The summed E-state index contributed by atoms with van der Waals surface area (Å²) in [7, 11) is 0. The van der Waals surface area contributed by atoms with E-state index in [2.05, 4.69) is 15.3 Å². The molecule has 0 unspecified atom stereocenters. The lowest BCUT2D eigenvalue weighted by atomic mass is 10.2. The largest absolute Gasteiger partial charge is 0.384 e. The molecule has 0 aliphatic carbocycles. The molecule has 6 heteroatoms. The fourth-order valence-corrected chi connectivity index (χ4v) is 1.51. The summed E-state index contributed by atoms with van der Waals surface area (Å²) in [5.41, 5.74) is 6.36. The smallest absolute Gasteiger partial charge is 0.141 e. The molecule has 2 rings (SSSR count). The van der Waals surface area contributed by atoms with Crippen molar-refractivity contribution in [3.63, 3.8) is 0 Å². The van der Waals surface area contributed by atoms with Crippen LogP contribution in [0.1, 0.15) is 5.56 Å². The van der Waals surface area contributed by atoms with Crippen molar-refractivity contribution < 1.29 is 4.39 Å². The second kappa shape index (κ2) is 4.97. The van der Waals surface area contributed by atoms with Crippen LogP contribution in [0.4, 0.5) is 16.0 Å². The standard InChI is InChI=1S/C11H10ClFN4/c12-8-3-7(1-2-9(8)13)5-15-11-4-10(14)16-6-17-11/h1-4,6H,5H2,(H3,14,15,16,17). The molecule has 0 saturated carbocycles. The molecule has 0 amide bonds. The average molecular weight is 253 g/mol. The van der Waals surface area contributed by atoms with Gasteiger partial charge in [0.1, 0.15) is 23.8 Å². The Morgan fingerprint density at radius 2 is 2.12 bits per heavy atom. The predicted octanol–water partition coefficient (Wildman–Crippen LogP) is 2.46. The number of hydrogen-bond donors (Lipinski definition) is 2. The van der Waals surface area contributed by atoms with Crippen LogP contribution in [-0.2, 0) is 6.54 Å². The number of nitrogen functional groups attached to an aromatic ring is 1. The molecule has 0 saturated heterocycles. The first-order chi connectivity index (χ1) is 8.15. The molecule has 0 radical (unpaired) electrons. The molecule has 0 spiro atoms. The van der Waals surface area contributed by atoms with Crippen LogP contribution in [0.2, 0.25) is 5.02 Å². The van der Waals surface area contributed by atoms with Crippen LogP contribution >= 0.6 is 11.6 Å². The maximum Gasteiger partial charge on any atom is 0.141 e. The third-order valence-electron chi connectivity index (χ3n) is 2.15. The van der Waals surface area contributed by atoms with Gasteiger partial charge in [0.2, 0.25) is 0 Å². The van der Waals surface area contributed by atoms with Crippen molar-refractivity contribution in [3.05, 3.63) is 47.0 Å². The summed E-state index contributed by atoms with van der Waals surface area (Å²) >= 11 is 5.67. The maximum atomic E-state index is 12.9. The lowest BCUT2D eigenvalue weighted by Gasteiger charge is -2.06. The van der Waals surface area contributed by atoms with E-state index >= 15 is 0 Å². The molecule has 3 N–H and O–H groups in total. The highest BCUT2D eigenvalue weighted by Gasteiger charge is 2.01. The van der Waals surface area contributed by atoms with Crippen molar-refractivity contribution in [2.75, 3.05) is 11.1 Å². The van der Waals surface area contributed by atoms with Crippen LogP contribution in [-0.4, -0.2) is 9.97 Å². The van der Waals surface area contributed by atoms with E-state index in [-0.39, 0.29) is 5.02 Å². The number of nitrogens with one attached hydrogen (secondary N) is 1. The maximum absolute atomic E-state index is 12.9. The summed E-state index contributed by atoms with van der Waals surface area (Å²) in [4.78, 5) is 7.76. The Balaban J connectivity index is 2.05. The van der Waals surface area contributed by atoms with Crippen molar-refractivity contribution in [3.8, 4) is 0 Å². The first-order valence-corrected chi connectivity index (χ1v) is 5.28. The zero-order valence-corrected chi connectivity index (χ0v) is 9.58. The summed E-state index contributed by atoms with van der Waals surface area (Å²) in [6, 6.07) is 6.16. The Labute approximate surface area is 103 Å². The quantitative estimate of drug-likeness (QED) is 0.881. The topological polar surface area (TPSA) is 63.8 Å². The molecule has 1 aromatic heterocycles. The Morgan fingerprint density at radius 3 is 2.82 bits per heavy atom. The number of hydrogen-bond acceptors (Lipinski definition) is 4. The SMILES string of the molecule is Nc1cc(NCc2ccc(F)c(Cl)c2)ncn1. The van der Waals surface area contributed by atoms with Crippen molar-refractivity contribution in [2.45, 2.75) is 6.54 Å². The zero-order chi connectivity index (χ0) is 12.3. The highest BCUT2D eigenvalue weighted by atomic mass is 35.5. The number of nitrogens with zero attached hydrogens (tertiary/aromatic N) is 2. The molecule has 1 aromatic carbocycles. The first-order valence-electron chi connectivity index (χ1n) is 4.90. The summed E-state index contributed by atoms with van der Waals surface area (Å²) in [6.07, 6.45) is 1.37. The molecule has 0 atom stereocenters.